The van der Waals surface area contributed by atoms with E-state index in [1.807, 2.05) is 12.1 Å². The Bertz CT molecular complexity index is 284. The van der Waals surface area contributed by atoms with Crippen LogP contribution < -0.4 is 5.32 Å². The summed E-state index contributed by atoms with van der Waals surface area (Å²) in [6.45, 7) is 0.0716. The summed E-state index contributed by atoms with van der Waals surface area (Å²) in [5, 5.41) is 10.6. The van der Waals surface area contributed by atoms with Gasteiger partial charge in [0.1, 0.15) is 6.54 Å². The van der Waals surface area contributed by atoms with Gasteiger partial charge in [-0.3, -0.25) is 4.79 Å². The van der Waals surface area contributed by atoms with Gasteiger partial charge in [-0.15, -0.1) is 0 Å². The van der Waals surface area contributed by atoms with E-state index < -0.39 is 0 Å². The first-order valence-electron chi connectivity index (χ1n) is 4.35. The molecule has 0 aromatic carbocycles. The second kappa shape index (κ2) is 5.15. The van der Waals surface area contributed by atoms with Gasteiger partial charge in [0.05, 0.1) is 6.07 Å². The highest BCUT2D eigenvalue weighted by Crippen LogP contribution is 2.17. The Hall–Kier alpha value is -1.56. The van der Waals surface area contributed by atoms with E-state index in [-0.39, 0.29) is 12.5 Å². The number of hydrogen-bond donors (Lipinski definition) is 1. The average molecular weight is 176 g/mol. The van der Waals surface area contributed by atoms with Gasteiger partial charge in [0.25, 0.3) is 0 Å². The summed E-state index contributed by atoms with van der Waals surface area (Å²) in [5.74, 6) is -0.200. The van der Waals surface area contributed by atoms with E-state index in [2.05, 4.69) is 11.4 Å². The fourth-order valence-corrected chi connectivity index (χ4v) is 1.22. The fourth-order valence-electron chi connectivity index (χ4n) is 1.22. The molecule has 0 saturated carbocycles. The summed E-state index contributed by atoms with van der Waals surface area (Å²) in [5.41, 5.74) is 1.21. The molecule has 1 rings (SSSR count). The van der Waals surface area contributed by atoms with Crippen LogP contribution in [0, 0.1) is 11.3 Å². The lowest BCUT2D eigenvalue weighted by Crippen LogP contribution is -2.20. The van der Waals surface area contributed by atoms with E-state index in [0.717, 1.165) is 12.8 Å². The van der Waals surface area contributed by atoms with Crippen LogP contribution in [0.2, 0.25) is 0 Å². The molecule has 3 heteroatoms. The Morgan fingerprint density at radius 2 is 2.62 bits per heavy atom. The first-order valence-corrected chi connectivity index (χ1v) is 4.35. The molecule has 1 amide bonds. The second-order valence-electron chi connectivity index (χ2n) is 2.88. The summed E-state index contributed by atoms with van der Waals surface area (Å²) >= 11 is 0. The quantitative estimate of drug-likeness (QED) is 0.520. The van der Waals surface area contributed by atoms with Gasteiger partial charge in [-0.05, 0) is 19.3 Å². The smallest absolute Gasteiger partial charge is 0.244 e. The number of nitrogens with zero attached hydrogens (tertiary/aromatic N) is 1. The third kappa shape index (κ3) is 3.57. The molecule has 13 heavy (non-hydrogen) atoms. The van der Waals surface area contributed by atoms with Crippen molar-refractivity contribution in [2.45, 2.75) is 19.3 Å². The van der Waals surface area contributed by atoms with E-state index in [0.29, 0.717) is 0 Å². The monoisotopic (exact) mass is 176 g/mol. The minimum Gasteiger partial charge on any atom is -0.339 e. The summed E-state index contributed by atoms with van der Waals surface area (Å²) in [7, 11) is 0. The predicted octanol–water partition coefficient (Wildman–Crippen LogP) is 1.29. The molecule has 3 nitrogen and oxygen atoms in total. The molecular weight excluding hydrogens is 164 g/mol. The largest absolute Gasteiger partial charge is 0.339 e. The van der Waals surface area contributed by atoms with Crippen LogP contribution in [0.3, 0.4) is 0 Å². The Morgan fingerprint density at radius 1 is 1.77 bits per heavy atom. The number of amides is 1. The highest BCUT2D eigenvalue weighted by molar-refractivity contribution is 5.88. The minimum absolute atomic E-state index is 0.0716. The maximum absolute atomic E-state index is 11.0. The van der Waals surface area contributed by atoms with Gasteiger partial charge < -0.3 is 5.32 Å². The van der Waals surface area contributed by atoms with Crippen LogP contribution in [0.25, 0.3) is 0 Å². The molecule has 1 aliphatic rings. The van der Waals surface area contributed by atoms with Gasteiger partial charge in [0.15, 0.2) is 0 Å². The standard InChI is InChI=1S/C10H12N2O/c11-7-8-12-10(13)6-5-9-3-1-2-4-9/h3,5-6H,1-2,4,8H2,(H,12,13)/b6-5+. The lowest BCUT2D eigenvalue weighted by atomic mass is 10.2. The number of rotatable bonds is 3. The number of carbonyl (C=O) groups excluding carboxylic acids is 1. The van der Waals surface area contributed by atoms with Crippen LogP contribution in [0.1, 0.15) is 19.3 Å². The number of nitrogens with one attached hydrogen (secondary N) is 1. The maximum atomic E-state index is 11.0. The number of allylic oxidation sites excluding steroid dienone is 3. The highest BCUT2D eigenvalue weighted by Gasteiger charge is 2.00. The van der Waals surface area contributed by atoms with Crippen LogP contribution >= 0.6 is 0 Å². The van der Waals surface area contributed by atoms with Gasteiger partial charge in [-0.2, -0.15) is 5.26 Å². The van der Waals surface area contributed by atoms with Crippen molar-refractivity contribution in [1.29, 1.82) is 5.26 Å². The van der Waals surface area contributed by atoms with E-state index in [9.17, 15) is 4.79 Å². The lowest BCUT2D eigenvalue weighted by Gasteiger charge is -1.93. The van der Waals surface area contributed by atoms with Crippen LogP contribution in [0.15, 0.2) is 23.8 Å². The molecule has 0 aromatic rings. The molecule has 68 valence electrons. The topological polar surface area (TPSA) is 52.9 Å². The van der Waals surface area contributed by atoms with Crippen molar-refractivity contribution in [2.75, 3.05) is 6.54 Å². The molecule has 0 saturated heterocycles. The van der Waals surface area contributed by atoms with Gasteiger partial charge in [0.2, 0.25) is 5.91 Å². The molecule has 0 fully saturated rings. The first-order chi connectivity index (χ1) is 6.33. The molecule has 0 bridgehead atoms. The summed E-state index contributed by atoms with van der Waals surface area (Å²) in [4.78, 5) is 11.0. The summed E-state index contributed by atoms with van der Waals surface area (Å²) in [6, 6.07) is 1.85. The summed E-state index contributed by atoms with van der Waals surface area (Å²) in [6.07, 6.45) is 8.78. The average Bonchev–Trinajstić information content (AvgIpc) is 2.64. The highest BCUT2D eigenvalue weighted by atomic mass is 16.1. The van der Waals surface area contributed by atoms with E-state index >= 15 is 0 Å². The SMILES string of the molecule is N#CCNC(=O)/C=C/C1=CCCC1. The van der Waals surface area contributed by atoms with Crippen LogP contribution in [0.5, 0.6) is 0 Å². The van der Waals surface area contributed by atoms with E-state index in [1.54, 1.807) is 0 Å². The Kier molecular flexibility index (Phi) is 3.77. The third-order valence-electron chi connectivity index (χ3n) is 1.87. The van der Waals surface area contributed by atoms with Crippen LogP contribution in [-0.2, 0) is 4.79 Å². The first kappa shape index (κ1) is 9.53. The second-order valence-corrected chi connectivity index (χ2v) is 2.88. The van der Waals surface area contributed by atoms with Crippen molar-refractivity contribution in [1.82, 2.24) is 5.32 Å². The van der Waals surface area contributed by atoms with Crippen LogP contribution in [0.4, 0.5) is 0 Å². The van der Waals surface area contributed by atoms with Crippen LogP contribution in [-0.4, -0.2) is 12.5 Å². The molecule has 0 aliphatic heterocycles. The Balaban J connectivity index is 2.31. The third-order valence-corrected chi connectivity index (χ3v) is 1.87. The zero-order valence-corrected chi connectivity index (χ0v) is 7.42. The van der Waals surface area contributed by atoms with Crippen molar-refractivity contribution in [3.05, 3.63) is 23.8 Å². The number of carbonyl (C=O) groups is 1. The van der Waals surface area contributed by atoms with Gasteiger partial charge >= 0.3 is 0 Å². The van der Waals surface area contributed by atoms with Crippen molar-refractivity contribution >= 4 is 5.91 Å². The fraction of sp³-hybridized carbons (Fsp3) is 0.400. The normalized spacial score (nSPS) is 15.5. The molecule has 1 aliphatic carbocycles. The molecule has 0 spiro atoms. The van der Waals surface area contributed by atoms with Crippen molar-refractivity contribution in [3.8, 4) is 6.07 Å². The van der Waals surface area contributed by atoms with E-state index in [1.165, 1.54) is 18.1 Å². The Morgan fingerprint density at radius 3 is 3.23 bits per heavy atom. The van der Waals surface area contributed by atoms with Gasteiger partial charge in [0, 0.05) is 6.08 Å². The molecule has 0 unspecified atom stereocenters. The zero-order valence-electron chi connectivity index (χ0n) is 7.42. The lowest BCUT2D eigenvalue weighted by molar-refractivity contribution is -0.116. The predicted molar refractivity (Wildman–Crippen MR) is 49.7 cm³/mol. The molecule has 0 radical (unpaired) electrons. The van der Waals surface area contributed by atoms with Crippen molar-refractivity contribution in [2.24, 2.45) is 0 Å². The Labute approximate surface area is 77.7 Å². The number of hydrogen-bond acceptors (Lipinski definition) is 2. The molecule has 1 N–H and O–H groups in total. The zero-order chi connectivity index (χ0) is 9.52. The minimum atomic E-state index is -0.200. The van der Waals surface area contributed by atoms with Crippen molar-refractivity contribution in [3.63, 3.8) is 0 Å². The van der Waals surface area contributed by atoms with E-state index in [4.69, 9.17) is 5.26 Å². The molecule has 0 heterocycles. The van der Waals surface area contributed by atoms with Gasteiger partial charge in [-0.25, -0.2) is 0 Å². The van der Waals surface area contributed by atoms with Crippen molar-refractivity contribution < 1.29 is 4.79 Å². The summed E-state index contributed by atoms with van der Waals surface area (Å²) < 4.78 is 0. The molecular formula is C10H12N2O. The number of nitriles is 1. The maximum Gasteiger partial charge on any atom is 0.244 e. The van der Waals surface area contributed by atoms with Gasteiger partial charge in [-0.1, -0.05) is 17.7 Å². The molecule has 0 aromatic heterocycles. The molecule has 0 atom stereocenters.